The highest BCUT2D eigenvalue weighted by molar-refractivity contribution is 5.79. The van der Waals surface area contributed by atoms with Crippen molar-refractivity contribution in [1.29, 1.82) is 0 Å². The summed E-state index contributed by atoms with van der Waals surface area (Å²) in [5, 5.41) is 31.1. The van der Waals surface area contributed by atoms with E-state index < -0.39 is 17.0 Å². The van der Waals surface area contributed by atoms with E-state index >= 15 is 0 Å². The fourth-order valence-corrected chi connectivity index (χ4v) is 7.44. The van der Waals surface area contributed by atoms with Gasteiger partial charge in [-0.1, -0.05) is 32.4 Å². The third-order valence-corrected chi connectivity index (χ3v) is 8.98. The molecule has 3 fully saturated rings. The van der Waals surface area contributed by atoms with Gasteiger partial charge in [-0.05, 0) is 74.0 Å². The van der Waals surface area contributed by atoms with Gasteiger partial charge < -0.3 is 15.3 Å². The first-order valence-corrected chi connectivity index (χ1v) is 9.98. The van der Waals surface area contributed by atoms with Gasteiger partial charge in [0.1, 0.15) is 0 Å². The van der Waals surface area contributed by atoms with E-state index in [9.17, 15) is 20.1 Å². The van der Waals surface area contributed by atoms with E-state index in [0.717, 1.165) is 44.9 Å². The Morgan fingerprint density at radius 3 is 2.60 bits per heavy atom. The molecule has 8 atom stereocenters. The molecule has 3 saturated carbocycles. The second-order valence-electron chi connectivity index (χ2n) is 9.82. The van der Waals surface area contributed by atoms with Gasteiger partial charge in [-0.3, -0.25) is 0 Å². The molecule has 4 nitrogen and oxygen atoms in total. The fourth-order valence-electron chi connectivity index (χ4n) is 7.44. The zero-order valence-corrected chi connectivity index (χ0v) is 15.7. The van der Waals surface area contributed by atoms with E-state index in [1.54, 1.807) is 0 Å². The minimum Gasteiger partial charge on any atom is -0.479 e. The van der Waals surface area contributed by atoms with Crippen molar-refractivity contribution in [2.45, 2.75) is 77.4 Å². The first kappa shape index (κ1) is 17.5. The average molecular weight is 348 g/mol. The number of hydrogen-bond donors (Lipinski definition) is 3. The fraction of sp³-hybridized carbons (Fsp3) is 0.857. The van der Waals surface area contributed by atoms with E-state index in [0.29, 0.717) is 11.8 Å². The molecular weight excluding hydrogens is 316 g/mol. The Kier molecular flexibility index (Phi) is 3.73. The summed E-state index contributed by atoms with van der Waals surface area (Å²) in [6.45, 7) is 6.30. The summed E-state index contributed by atoms with van der Waals surface area (Å²) in [6, 6.07) is 0. The van der Waals surface area contributed by atoms with Crippen molar-refractivity contribution in [2.75, 3.05) is 0 Å². The Hall–Kier alpha value is -0.870. The lowest BCUT2D eigenvalue weighted by atomic mass is 9.47. The van der Waals surface area contributed by atoms with Crippen molar-refractivity contribution < 1.29 is 20.1 Å². The molecule has 4 heteroatoms. The van der Waals surface area contributed by atoms with Crippen LogP contribution < -0.4 is 0 Å². The van der Waals surface area contributed by atoms with Crippen molar-refractivity contribution in [1.82, 2.24) is 0 Å². The van der Waals surface area contributed by atoms with E-state index in [-0.39, 0.29) is 23.4 Å². The molecule has 0 unspecified atom stereocenters. The molecule has 140 valence electrons. The molecule has 0 aromatic heterocycles. The Bertz CT molecular complexity index is 627. The van der Waals surface area contributed by atoms with Crippen LogP contribution in [0.2, 0.25) is 0 Å². The first-order valence-electron chi connectivity index (χ1n) is 9.98. The number of fused-ring (bicyclic) bond motifs is 5. The van der Waals surface area contributed by atoms with Gasteiger partial charge in [-0.15, -0.1) is 0 Å². The minimum atomic E-state index is -1.60. The highest BCUT2D eigenvalue weighted by Gasteiger charge is 2.69. The highest BCUT2D eigenvalue weighted by atomic mass is 16.4. The molecule has 3 N–H and O–H groups in total. The number of aliphatic hydroxyl groups excluding tert-OH is 1. The number of aliphatic hydroxyl groups is 2. The Morgan fingerprint density at radius 1 is 1.20 bits per heavy atom. The molecule has 0 aromatic carbocycles. The molecule has 4 aliphatic carbocycles. The maximum Gasteiger partial charge on any atom is 0.336 e. The zero-order valence-electron chi connectivity index (χ0n) is 15.7. The van der Waals surface area contributed by atoms with Crippen molar-refractivity contribution in [3.8, 4) is 0 Å². The van der Waals surface area contributed by atoms with Crippen LogP contribution in [0, 0.1) is 34.5 Å². The predicted octanol–water partition coefficient (Wildman–Crippen LogP) is 3.37. The van der Waals surface area contributed by atoms with Gasteiger partial charge in [-0.25, -0.2) is 4.79 Å². The smallest absolute Gasteiger partial charge is 0.336 e. The summed E-state index contributed by atoms with van der Waals surface area (Å²) in [7, 11) is 0. The normalized spacial score (nSPS) is 54.9. The van der Waals surface area contributed by atoms with Gasteiger partial charge in [0.15, 0.2) is 5.60 Å². The molecule has 4 aliphatic rings. The molecule has 0 bridgehead atoms. The molecule has 0 aliphatic heterocycles. The number of rotatable bonds is 1. The van der Waals surface area contributed by atoms with E-state index in [1.807, 2.05) is 13.8 Å². The van der Waals surface area contributed by atoms with Crippen LogP contribution in [0.3, 0.4) is 0 Å². The molecule has 25 heavy (non-hydrogen) atoms. The third-order valence-electron chi connectivity index (χ3n) is 8.98. The lowest BCUT2D eigenvalue weighted by Crippen LogP contribution is -2.58. The molecular formula is C21H32O4. The zero-order chi connectivity index (χ0) is 18.2. The van der Waals surface area contributed by atoms with Gasteiger partial charge in [0.05, 0.1) is 6.10 Å². The van der Waals surface area contributed by atoms with E-state index in [1.165, 1.54) is 5.57 Å². The number of allylic oxidation sites excluding steroid dienone is 1. The maximum atomic E-state index is 12.0. The Balaban J connectivity index is 1.72. The molecule has 4 rings (SSSR count). The molecule has 0 aromatic rings. The Labute approximate surface area is 150 Å². The van der Waals surface area contributed by atoms with Crippen LogP contribution >= 0.6 is 0 Å². The number of carbonyl (C=O) groups is 1. The highest BCUT2D eigenvalue weighted by Crippen LogP contribution is 2.68. The SMILES string of the molecule is C[C@H]1C[C@H]2[C@@H]3CC=C4C[C@@H](O)CC[C@]4(C)[C@H]3CC[C@]2(C)[C@@]1(O)C(=O)O. The lowest BCUT2D eigenvalue weighted by molar-refractivity contribution is -0.186. The van der Waals surface area contributed by atoms with Crippen LogP contribution in [0.5, 0.6) is 0 Å². The molecule has 0 amide bonds. The monoisotopic (exact) mass is 348 g/mol. The second kappa shape index (κ2) is 5.32. The Morgan fingerprint density at radius 2 is 1.92 bits per heavy atom. The number of hydrogen-bond acceptors (Lipinski definition) is 3. The van der Waals surface area contributed by atoms with Crippen LogP contribution in [0.1, 0.15) is 65.7 Å². The lowest BCUT2D eigenvalue weighted by Gasteiger charge is -2.58. The van der Waals surface area contributed by atoms with Crippen LogP contribution in [-0.4, -0.2) is 33.0 Å². The third kappa shape index (κ3) is 2.04. The predicted molar refractivity (Wildman–Crippen MR) is 94.8 cm³/mol. The van der Waals surface area contributed by atoms with Gasteiger partial charge >= 0.3 is 5.97 Å². The quantitative estimate of drug-likeness (QED) is 0.635. The summed E-state index contributed by atoms with van der Waals surface area (Å²) in [6.07, 6.45) is 8.41. The van der Waals surface area contributed by atoms with Crippen LogP contribution in [0.15, 0.2) is 11.6 Å². The van der Waals surface area contributed by atoms with E-state index in [4.69, 9.17) is 0 Å². The summed E-state index contributed by atoms with van der Waals surface area (Å²) in [5.74, 6) is 0.0383. The molecule has 0 saturated heterocycles. The maximum absolute atomic E-state index is 12.0. The topological polar surface area (TPSA) is 77.8 Å². The van der Waals surface area contributed by atoms with Crippen LogP contribution in [0.25, 0.3) is 0 Å². The summed E-state index contributed by atoms with van der Waals surface area (Å²) < 4.78 is 0. The second-order valence-corrected chi connectivity index (χ2v) is 9.82. The summed E-state index contributed by atoms with van der Waals surface area (Å²) in [5.41, 5.74) is -0.557. The van der Waals surface area contributed by atoms with Gasteiger partial charge in [-0.2, -0.15) is 0 Å². The van der Waals surface area contributed by atoms with Crippen molar-refractivity contribution in [3.05, 3.63) is 11.6 Å². The van der Waals surface area contributed by atoms with Gasteiger partial charge in [0.25, 0.3) is 0 Å². The van der Waals surface area contributed by atoms with Crippen molar-refractivity contribution in [3.63, 3.8) is 0 Å². The molecule has 0 spiro atoms. The summed E-state index contributed by atoms with van der Waals surface area (Å²) in [4.78, 5) is 12.0. The van der Waals surface area contributed by atoms with E-state index in [2.05, 4.69) is 13.0 Å². The number of carboxylic acid groups (broad SMARTS) is 1. The van der Waals surface area contributed by atoms with Gasteiger partial charge in [0, 0.05) is 5.41 Å². The van der Waals surface area contributed by atoms with Gasteiger partial charge in [0.2, 0.25) is 0 Å². The van der Waals surface area contributed by atoms with Crippen LogP contribution in [-0.2, 0) is 4.79 Å². The minimum absolute atomic E-state index is 0.149. The molecule has 0 heterocycles. The first-order chi connectivity index (χ1) is 11.6. The van der Waals surface area contributed by atoms with Crippen molar-refractivity contribution in [2.24, 2.45) is 34.5 Å². The molecule has 0 radical (unpaired) electrons. The largest absolute Gasteiger partial charge is 0.479 e. The number of carboxylic acids is 1. The van der Waals surface area contributed by atoms with Crippen LogP contribution in [0.4, 0.5) is 0 Å². The number of aliphatic carboxylic acids is 1. The average Bonchev–Trinajstić information content (AvgIpc) is 2.77. The van der Waals surface area contributed by atoms with Crippen molar-refractivity contribution >= 4 is 5.97 Å². The summed E-state index contributed by atoms with van der Waals surface area (Å²) >= 11 is 0. The standard InChI is InChI=1S/C21H32O4/c1-12-10-17-15-5-4-13-11-14(22)6-8-19(13,2)16(15)7-9-20(17,3)21(12,25)18(23)24/h4,12,14-17,22,25H,5-11H2,1-3H3,(H,23,24)/t12-,14-,15+,16-,17-,19-,20-,21-/m0/s1.